The molecule has 0 aromatic heterocycles. The summed E-state index contributed by atoms with van der Waals surface area (Å²) in [5, 5.41) is 6.87. The average molecular weight is 293 g/mol. The molecule has 2 aromatic carbocycles. The SMILES string of the molecule is CCN(CC)c1ccc(C2=NN(c3ccccc3)CC2)cc1. The van der Waals surface area contributed by atoms with E-state index in [0.717, 1.165) is 31.7 Å². The molecule has 1 aliphatic rings. The molecule has 3 rings (SSSR count). The van der Waals surface area contributed by atoms with Crippen molar-refractivity contribution in [2.24, 2.45) is 5.10 Å². The van der Waals surface area contributed by atoms with Gasteiger partial charge in [-0.25, -0.2) is 0 Å². The van der Waals surface area contributed by atoms with Crippen LogP contribution in [0.4, 0.5) is 11.4 Å². The van der Waals surface area contributed by atoms with Gasteiger partial charge in [-0.05, 0) is 43.7 Å². The molecule has 0 saturated carbocycles. The molecule has 1 heterocycles. The molecule has 1 aliphatic heterocycles. The molecule has 0 unspecified atom stereocenters. The number of benzene rings is 2. The largest absolute Gasteiger partial charge is 0.372 e. The highest BCUT2D eigenvalue weighted by Crippen LogP contribution is 2.22. The summed E-state index contributed by atoms with van der Waals surface area (Å²) in [6.07, 6.45) is 1.000. The minimum atomic E-state index is 0.955. The first-order valence-corrected chi connectivity index (χ1v) is 8.07. The lowest BCUT2D eigenvalue weighted by atomic mass is 10.1. The van der Waals surface area contributed by atoms with Gasteiger partial charge in [-0.1, -0.05) is 30.3 Å². The molecule has 114 valence electrons. The van der Waals surface area contributed by atoms with Crippen LogP contribution in [0.3, 0.4) is 0 Å². The van der Waals surface area contributed by atoms with Crippen LogP contribution in [-0.4, -0.2) is 25.3 Å². The Morgan fingerprint density at radius 3 is 2.27 bits per heavy atom. The van der Waals surface area contributed by atoms with E-state index in [4.69, 9.17) is 5.10 Å². The highest BCUT2D eigenvalue weighted by Gasteiger charge is 2.17. The molecule has 0 atom stereocenters. The molecular weight excluding hydrogens is 270 g/mol. The first-order chi connectivity index (χ1) is 10.8. The second kappa shape index (κ2) is 6.65. The number of anilines is 2. The molecule has 0 saturated heterocycles. The van der Waals surface area contributed by atoms with Crippen molar-refractivity contribution in [1.82, 2.24) is 0 Å². The molecule has 2 aromatic rings. The number of para-hydroxylation sites is 1. The van der Waals surface area contributed by atoms with Crippen molar-refractivity contribution >= 4 is 17.1 Å². The van der Waals surface area contributed by atoms with Crippen LogP contribution in [0, 0.1) is 0 Å². The van der Waals surface area contributed by atoms with Crippen molar-refractivity contribution in [3.63, 3.8) is 0 Å². The Hall–Kier alpha value is -2.29. The zero-order chi connectivity index (χ0) is 15.4. The van der Waals surface area contributed by atoms with Crippen molar-refractivity contribution in [3.8, 4) is 0 Å². The Morgan fingerprint density at radius 2 is 1.64 bits per heavy atom. The van der Waals surface area contributed by atoms with Crippen molar-refractivity contribution in [2.75, 3.05) is 29.5 Å². The lowest BCUT2D eigenvalue weighted by molar-refractivity contribution is 0.866. The summed E-state index contributed by atoms with van der Waals surface area (Å²) in [5.74, 6) is 0. The molecule has 0 radical (unpaired) electrons. The minimum Gasteiger partial charge on any atom is -0.372 e. The molecule has 0 amide bonds. The zero-order valence-electron chi connectivity index (χ0n) is 13.4. The van der Waals surface area contributed by atoms with E-state index in [1.54, 1.807) is 0 Å². The molecule has 3 nitrogen and oxygen atoms in total. The van der Waals surface area contributed by atoms with Gasteiger partial charge in [0.2, 0.25) is 0 Å². The monoisotopic (exact) mass is 293 g/mol. The lowest BCUT2D eigenvalue weighted by Crippen LogP contribution is -2.21. The van der Waals surface area contributed by atoms with Crippen LogP contribution < -0.4 is 9.91 Å². The van der Waals surface area contributed by atoms with Crippen LogP contribution in [0.5, 0.6) is 0 Å². The summed E-state index contributed by atoms with van der Waals surface area (Å²) in [7, 11) is 0. The van der Waals surface area contributed by atoms with Crippen LogP contribution in [0.1, 0.15) is 25.8 Å². The second-order valence-corrected chi connectivity index (χ2v) is 5.47. The smallest absolute Gasteiger partial charge is 0.0700 e. The Morgan fingerprint density at radius 1 is 0.955 bits per heavy atom. The van der Waals surface area contributed by atoms with Crippen LogP contribution >= 0.6 is 0 Å². The Balaban J connectivity index is 1.77. The Labute approximate surface area is 132 Å². The maximum atomic E-state index is 4.78. The topological polar surface area (TPSA) is 18.8 Å². The van der Waals surface area contributed by atoms with Gasteiger partial charge in [-0.3, -0.25) is 5.01 Å². The maximum Gasteiger partial charge on any atom is 0.0700 e. The van der Waals surface area contributed by atoms with Gasteiger partial charge in [-0.15, -0.1) is 0 Å². The molecule has 0 aliphatic carbocycles. The summed E-state index contributed by atoms with van der Waals surface area (Å²) >= 11 is 0. The van der Waals surface area contributed by atoms with Crippen molar-refractivity contribution in [3.05, 3.63) is 60.2 Å². The standard InChI is InChI=1S/C19H23N3/c1-3-21(4-2)17-12-10-16(11-13-17)19-14-15-22(20-19)18-8-6-5-7-9-18/h5-13H,3-4,14-15H2,1-2H3. The van der Waals surface area contributed by atoms with Crippen molar-refractivity contribution in [1.29, 1.82) is 0 Å². The third kappa shape index (κ3) is 2.98. The van der Waals surface area contributed by atoms with Crippen LogP contribution in [0.15, 0.2) is 59.7 Å². The van der Waals surface area contributed by atoms with Gasteiger partial charge in [0, 0.05) is 31.7 Å². The minimum absolute atomic E-state index is 0.955. The van der Waals surface area contributed by atoms with Crippen LogP contribution in [0.2, 0.25) is 0 Å². The molecule has 0 fully saturated rings. The molecular formula is C19H23N3. The highest BCUT2D eigenvalue weighted by molar-refractivity contribution is 6.02. The maximum absolute atomic E-state index is 4.78. The fourth-order valence-electron chi connectivity index (χ4n) is 2.90. The van der Waals surface area contributed by atoms with E-state index in [2.05, 4.69) is 72.3 Å². The van der Waals surface area contributed by atoms with Crippen molar-refractivity contribution in [2.45, 2.75) is 20.3 Å². The molecule has 22 heavy (non-hydrogen) atoms. The van der Waals surface area contributed by atoms with Gasteiger partial charge in [0.1, 0.15) is 0 Å². The average Bonchev–Trinajstić information content (AvgIpc) is 3.07. The fourth-order valence-corrected chi connectivity index (χ4v) is 2.90. The van der Waals surface area contributed by atoms with Gasteiger partial charge < -0.3 is 4.90 Å². The second-order valence-electron chi connectivity index (χ2n) is 5.47. The van der Waals surface area contributed by atoms with Crippen LogP contribution in [-0.2, 0) is 0 Å². The van der Waals surface area contributed by atoms with Crippen LogP contribution in [0.25, 0.3) is 0 Å². The van der Waals surface area contributed by atoms with E-state index in [0.29, 0.717) is 0 Å². The Bertz CT molecular complexity index is 627. The number of hydrogen-bond donors (Lipinski definition) is 0. The van der Waals surface area contributed by atoms with E-state index in [9.17, 15) is 0 Å². The van der Waals surface area contributed by atoms with Crippen molar-refractivity contribution < 1.29 is 0 Å². The Kier molecular flexibility index (Phi) is 4.42. The quantitative estimate of drug-likeness (QED) is 0.825. The highest BCUT2D eigenvalue weighted by atomic mass is 15.5. The van der Waals surface area contributed by atoms with Gasteiger partial charge >= 0.3 is 0 Å². The first kappa shape index (κ1) is 14.6. The number of rotatable bonds is 5. The number of hydrazone groups is 1. The molecule has 0 N–H and O–H groups in total. The zero-order valence-corrected chi connectivity index (χ0v) is 13.4. The van der Waals surface area contributed by atoms with Gasteiger partial charge in [-0.2, -0.15) is 5.10 Å². The van der Waals surface area contributed by atoms with Gasteiger partial charge in [0.25, 0.3) is 0 Å². The number of hydrogen-bond acceptors (Lipinski definition) is 3. The summed E-state index contributed by atoms with van der Waals surface area (Å²) in [4.78, 5) is 2.36. The summed E-state index contributed by atoms with van der Waals surface area (Å²) < 4.78 is 0. The van der Waals surface area contributed by atoms with Gasteiger partial charge in [0.05, 0.1) is 11.4 Å². The number of nitrogens with zero attached hydrogens (tertiary/aromatic N) is 3. The summed E-state index contributed by atoms with van der Waals surface area (Å²) in [6.45, 7) is 7.42. The van der Waals surface area contributed by atoms with E-state index < -0.39 is 0 Å². The molecule has 0 spiro atoms. The van der Waals surface area contributed by atoms with E-state index in [1.807, 2.05) is 6.07 Å². The first-order valence-electron chi connectivity index (χ1n) is 8.07. The predicted octanol–water partition coefficient (Wildman–Crippen LogP) is 4.15. The van der Waals surface area contributed by atoms with E-state index >= 15 is 0 Å². The fraction of sp³-hybridized carbons (Fsp3) is 0.316. The van der Waals surface area contributed by atoms with E-state index in [-0.39, 0.29) is 0 Å². The van der Waals surface area contributed by atoms with E-state index in [1.165, 1.54) is 17.0 Å². The normalized spacial score (nSPS) is 14.1. The summed E-state index contributed by atoms with van der Waals surface area (Å²) in [6, 6.07) is 19.2. The van der Waals surface area contributed by atoms with Gasteiger partial charge in [0.15, 0.2) is 0 Å². The third-order valence-corrected chi connectivity index (χ3v) is 4.19. The summed E-state index contributed by atoms with van der Waals surface area (Å²) in [5.41, 5.74) is 4.86. The molecule has 3 heteroatoms. The lowest BCUT2D eigenvalue weighted by Gasteiger charge is -2.21. The predicted molar refractivity (Wildman–Crippen MR) is 94.9 cm³/mol. The third-order valence-electron chi connectivity index (χ3n) is 4.19. The molecule has 0 bridgehead atoms.